The summed E-state index contributed by atoms with van der Waals surface area (Å²) in [5.41, 5.74) is 12.6. The largest absolute Gasteiger partial charge is 0.378 e. The van der Waals surface area contributed by atoms with Crippen molar-refractivity contribution in [2.75, 3.05) is 52.6 Å². The zero-order valence-electron chi connectivity index (χ0n) is 20.2. The van der Waals surface area contributed by atoms with Crippen molar-refractivity contribution >= 4 is 24.7 Å². The summed E-state index contributed by atoms with van der Waals surface area (Å²) >= 11 is 0. The molecule has 0 unspecified atom stereocenters. The van der Waals surface area contributed by atoms with Crippen molar-refractivity contribution < 1.29 is 9.53 Å². The molecule has 2 aliphatic heterocycles. The molecule has 0 aromatic heterocycles. The number of carbonyl (C=O) groups is 1. The molecule has 0 radical (unpaired) electrons. The molecular formula is C25H37N7O2. The molecule has 9 heteroatoms. The summed E-state index contributed by atoms with van der Waals surface area (Å²) in [5.74, 6) is 0.970. The van der Waals surface area contributed by atoms with Crippen molar-refractivity contribution in [1.29, 1.82) is 0 Å². The van der Waals surface area contributed by atoms with Crippen LogP contribution in [0.2, 0.25) is 0 Å². The van der Waals surface area contributed by atoms with Crippen LogP contribution in [-0.2, 0) is 9.53 Å². The number of amidine groups is 1. The lowest BCUT2D eigenvalue weighted by Crippen LogP contribution is -2.43. The highest BCUT2D eigenvalue weighted by atomic mass is 16.5. The number of nitrogens with two attached hydrogens (primary N) is 1. The molecule has 3 N–H and O–H groups in total. The number of aliphatic imine (C=N–C) groups is 2. The molecule has 0 spiro atoms. The number of morpholine rings is 1. The second kappa shape index (κ2) is 13.6. The Hall–Kier alpha value is -3.04. The molecule has 2 heterocycles. The van der Waals surface area contributed by atoms with Crippen molar-refractivity contribution in [1.82, 2.24) is 15.2 Å². The Bertz CT molecular complexity index is 920. The van der Waals surface area contributed by atoms with Gasteiger partial charge in [0, 0.05) is 25.1 Å². The van der Waals surface area contributed by atoms with Gasteiger partial charge in [-0.15, -0.1) is 0 Å². The number of nitrogens with one attached hydrogen (secondary N) is 1. The molecule has 2 aliphatic rings. The van der Waals surface area contributed by atoms with E-state index >= 15 is 0 Å². The van der Waals surface area contributed by atoms with E-state index in [-0.39, 0.29) is 5.91 Å². The Morgan fingerprint density at radius 3 is 2.76 bits per heavy atom. The van der Waals surface area contributed by atoms with Crippen molar-refractivity contribution in [3.05, 3.63) is 46.7 Å². The van der Waals surface area contributed by atoms with E-state index < -0.39 is 0 Å². The van der Waals surface area contributed by atoms with E-state index in [1.54, 1.807) is 6.21 Å². The number of hydrogen-bond donors (Lipinski definition) is 2. The monoisotopic (exact) mass is 467 g/mol. The number of amides is 1. The number of hydrazone groups is 1. The van der Waals surface area contributed by atoms with Crippen LogP contribution in [0.25, 0.3) is 0 Å². The number of nitrogens with zero attached hydrogens (tertiary/aromatic N) is 5. The van der Waals surface area contributed by atoms with Crippen LogP contribution >= 0.6 is 0 Å². The van der Waals surface area contributed by atoms with Gasteiger partial charge in [-0.25, -0.2) is 4.99 Å². The Morgan fingerprint density at radius 1 is 1.21 bits per heavy atom. The molecule has 3 rings (SSSR count). The lowest BCUT2D eigenvalue weighted by atomic mass is 10.1. The molecule has 0 bridgehead atoms. The molecule has 0 aliphatic carbocycles. The third kappa shape index (κ3) is 7.50. The normalized spacial score (nSPS) is 17.1. The predicted molar refractivity (Wildman–Crippen MR) is 137 cm³/mol. The quantitative estimate of drug-likeness (QED) is 0.224. The molecule has 0 atom stereocenters. The van der Waals surface area contributed by atoms with E-state index in [0.29, 0.717) is 45.9 Å². The fraction of sp³-hybridized carbons (Fsp3) is 0.520. The fourth-order valence-electron chi connectivity index (χ4n) is 4.07. The second-order valence-corrected chi connectivity index (χ2v) is 8.50. The van der Waals surface area contributed by atoms with Crippen LogP contribution in [0, 0.1) is 6.92 Å². The number of rotatable bonds is 11. The van der Waals surface area contributed by atoms with E-state index in [1.807, 2.05) is 17.0 Å². The maximum absolute atomic E-state index is 12.8. The van der Waals surface area contributed by atoms with E-state index in [0.717, 1.165) is 55.0 Å². The maximum Gasteiger partial charge on any atom is 0.223 e. The second-order valence-electron chi connectivity index (χ2n) is 8.50. The van der Waals surface area contributed by atoms with Gasteiger partial charge in [0.2, 0.25) is 5.91 Å². The van der Waals surface area contributed by atoms with Gasteiger partial charge in [0.05, 0.1) is 38.2 Å². The highest BCUT2D eigenvalue weighted by molar-refractivity contribution is 6.01. The number of ether oxygens (including phenoxy) is 1. The highest BCUT2D eigenvalue weighted by Crippen LogP contribution is 2.23. The Kier molecular flexibility index (Phi) is 10.2. The van der Waals surface area contributed by atoms with Crippen molar-refractivity contribution in [3.8, 4) is 0 Å². The number of hydrogen-bond acceptors (Lipinski definition) is 7. The van der Waals surface area contributed by atoms with E-state index in [4.69, 9.17) is 15.5 Å². The van der Waals surface area contributed by atoms with Crippen molar-refractivity contribution in [2.45, 2.75) is 32.6 Å². The third-order valence-electron chi connectivity index (χ3n) is 5.90. The van der Waals surface area contributed by atoms with Crippen molar-refractivity contribution in [2.24, 2.45) is 20.8 Å². The Morgan fingerprint density at radius 2 is 2.03 bits per heavy atom. The average molecular weight is 468 g/mol. The van der Waals surface area contributed by atoms with Gasteiger partial charge in [-0.05, 0) is 38.6 Å². The average Bonchev–Trinajstić information content (AvgIpc) is 3.29. The molecule has 9 nitrogen and oxygen atoms in total. The molecule has 1 aromatic carbocycles. The zero-order chi connectivity index (χ0) is 24.2. The molecule has 1 saturated heterocycles. The molecule has 1 amide bonds. The lowest BCUT2D eigenvalue weighted by molar-refractivity contribution is -0.130. The summed E-state index contributed by atoms with van der Waals surface area (Å²) < 4.78 is 5.53. The first-order chi connectivity index (χ1) is 16.6. The van der Waals surface area contributed by atoms with Crippen LogP contribution in [0.3, 0.4) is 0 Å². The summed E-state index contributed by atoms with van der Waals surface area (Å²) in [6.45, 7) is 10.5. The highest BCUT2D eigenvalue weighted by Gasteiger charge is 2.30. The van der Waals surface area contributed by atoms with Gasteiger partial charge in [-0.3, -0.25) is 15.2 Å². The summed E-state index contributed by atoms with van der Waals surface area (Å²) in [6, 6.07) is 8.14. The first-order valence-electron chi connectivity index (χ1n) is 12.0. The standard InChI is InChI=1S/C25H37N7O2/c1-20-7-6-8-21(15-20)16-29-30-19-28-25(31-11-13-34-14-12-31)22-17-32(18-23(22)27-2)24(33)9-4-3-5-10-26/h6-8,15-16,30H,2-5,9-14,17-19,26H2,1H3/b28-25+,29-16+. The van der Waals surface area contributed by atoms with Gasteiger partial charge in [0.15, 0.2) is 0 Å². The smallest absolute Gasteiger partial charge is 0.223 e. The number of carbonyl (C=O) groups excluding carboxylic acids is 1. The van der Waals surface area contributed by atoms with Gasteiger partial charge in [-0.1, -0.05) is 36.2 Å². The molecular weight excluding hydrogens is 430 g/mol. The maximum atomic E-state index is 12.8. The minimum Gasteiger partial charge on any atom is -0.378 e. The first-order valence-corrected chi connectivity index (χ1v) is 12.0. The zero-order valence-corrected chi connectivity index (χ0v) is 20.2. The molecule has 1 aromatic rings. The van der Waals surface area contributed by atoms with Gasteiger partial charge < -0.3 is 20.3 Å². The summed E-state index contributed by atoms with van der Waals surface area (Å²) in [5, 5.41) is 4.31. The van der Waals surface area contributed by atoms with Gasteiger partial charge in [-0.2, -0.15) is 5.10 Å². The topological polar surface area (TPSA) is 108 Å². The SMILES string of the molecule is C=NC1=C(/C(=N\CN/N=C/c2cccc(C)c2)N2CCOCC2)CN(C(=O)CCCCCN)C1. The molecule has 184 valence electrons. The summed E-state index contributed by atoms with van der Waals surface area (Å²) in [4.78, 5) is 25.9. The van der Waals surface area contributed by atoms with Crippen LogP contribution in [0.15, 0.2) is 50.6 Å². The molecule has 34 heavy (non-hydrogen) atoms. The van der Waals surface area contributed by atoms with Crippen LogP contribution in [-0.4, -0.2) is 87.1 Å². The predicted octanol–water partition coefficient (Wildman–Crippen LogP) is 1.92. The van der Waals surface area contributed by atoms with Crippen molar-refractivity contribution in [3.63, 3.8) is 0 Å². The lowest BCUT2D eigenvalue weighted by Gasteiger charge is -2.31. The Balaban J connectivity index is 1.67. The van der Waals surface area contributed by atoms with E-state index in [9.17, 15) is 4.79 Å². The van der Waals surface area contributed by atoms with Gasteiger partial charge >= 0.3 is 0 Å². The van der Waals surface area contributed by atoms with Crippen LogP contribution in [0.1, 0.15) is 36.8 Å². The minimum atomic E-state index is 0.135. The van der Waals surface area contributed by atoms with E-state index in [1.165, 1.54) is 5.56 Å². The van der Waals surface area contributed by atoms with Crippen LogP contribution < -0.4 is 11.2 Å². The third-order valence-corrected chi connectivity index (χ3v) is 5.90. The number of aryl methyl sites for hydroxylation is 1. The van der Waals surface area contributed by atoms with E-state index in [2.05, 4.69) is 46.2 Å². The van der Waals surface area contributed by atoms with Crippen LogP contribution in [0.5, 0.6) is 0 Å². The molecule has 1 fully saturated rings. The Labute approximate surface area is 202 Å². The number of unbranched alkanes of at least 4 members (excludes halogenated alkanes) is 2. The van der Waals surface area contributed by atoms with Crippen LogP contribution in [0.4, 0.5) is 0 Å². The number of benzene rings is 1. The van der Waals surface area contributed by atoms with Gasteiger partial charge in [0.1, 0.15) is 12.5 Å². The van der Waals surface area contributed by atoms with Gasteiger partial charge in [0.25, 0.3) is 0 Å². The fourth-order valence-corrected chi connectivity index (χ4v) is 4.07. The minimum absolute atomic E-state index is 0.135. The first kappa shape index (κ1) is 25.6. The summed E-state index contributed by atoms with van der Waals surface area (Å²) in [7, 11) is 0. The molecule has 0 saturated carbocycles. The summed E-state index contributed by atoms with van der Waals surface area (Å²) in [6.07, 6.45) is 5.08.